The van der Waals surface area contributed by atoms with Crippen LogP contribution in [0.25, 0.3) is 0 Å². The van der Waals surface area contributed by atoms with Crippen molar-refractivity contribution in [3.05, 3.63) is 0 Å². The summed E-state index contributed by atoms with van der Waals surface area (Å²) in [5.74, 6) is -0.282. The topological polar surface area (TPSA) is 53.2 Å². The highest BCUT2D eigenvalue weighted by atomic mass is 16.5. The maximum absolute atomic E-state index is 10.2. The molecule has 13 heavy (non-hydrogen) atoms. The van der Waals surface area contributed by atoms with Crippen molar-refractivity contribution in [1.29, 1.82) is 5.26 Å². The van der Waals surface area contributed by atoms with Crippen molar-refractivity contribution < 1.29 is 9.84 Å². The molecule has 1 rings (SSSR count). The van der Waals surface area contributed by atoms with Crippen LogP contribution >= 0.6 is 0 Å². The van der Waals surface area contributed by atoms with E-state index in [2.05, 4.69) is 6.07 Å². The van der Waals surface area contributed by atoms with Gasteiger partial charge in [-0.1, -0.05) is 13.3 Å². The Morgan fingerprint density at radius 2 is 2.46 bits per heavy atom. The number of nitrogens with zero attached hydrogens (tertiary/aromatic N) is 1. The Hall–Kier alpha value is -0.590. The molecule has 0 amide bonds. The summed E-state index contributed by atoms with van der Waals surface area (Å²) in [5, 5.41) is 19.1. The highest BCUT2D eigenvalue weighted by Crippen LogP contribution is 2.34. The fourth-order valence-electron chi connectivity index (χ4n) is 1.92. The summed E-state index contributed by atoms with van der Waals surface area (Å²) in [6, 6.07) is 2.19. The van der Waals surface area contributed by atoms with Crippen LogP contribution in [0, 0.1) is 17.2 Å². The molecule has 0 bridgehead atoms. The van der Waals surface area contributed by atoms with E-state index in [0.29, 0.717) is 13.0 Å². The van der Waals surface area contributed by atoms with Gasteiger partial charge in [0, 0.05) is 13.0 Å². The zero-order valence-corrected chi connectivity index (χ0v) is 8.29. The van der Waals surface area contributed by atoms with E-state index >= 15 is 0 Å². The van der Waals surface area contributed by atoms with E-state index < -0.39 is 5.60 Å². The lowest BCUT2D eigenvalue weighted by Gasteiger charge is -2.30. The molecular formula is C10H17NO2. The van der Waals surface area contributed by atoms with Gasteiger partial charge in [0.1, 0.15) is 5.60 Å². The van der Waals surface area contributed by atoms with Crippen LogP contribution in [0.1, 0.15) is 33.1 Å². The van der Waals surface area contributed by atoms with Crippen LogP contribution in [0.15, 0.2) is 0 Å². The standard InChI is InChI=1S/C10H17NO2/c1-3-4-9(7-11)10(12)5-6-13-8(10)2/h8-9,12H,3-6H2,1-2H3. The van der Waals surface area contributed by atoms with E-state index in [1.807, 2.05) is 13.8 Å². The van der Waals surface area contributed by atoms with Gasteiger partial charge in [-0.25, -0.2) is 0 Å². The SMILES string of the molecule is CCCC(C#N)C1(O)CCOC1C. The summed E-state index contributed by atoms with van der Waals surface area (Å²) in [6.07, 6.45) is 2.06. The van der Waals surface area contributed by atoms with Crippen molar-refractivity contribution in [2.45, 2.75) is 44.8 Å². The lowest BCUT2D eigenvalue weighted by atomic mass is 9.80. The highest BCUT2D eigenvalue weighted by Gasteiger charge is 2.45. The Morgan fingerprint density at radius 1 is 1.77 bits per heavy atom. The molecule has 1 heterocycles. The minimum absolute atomic E-state index is 0.205. The van der Waals surface area contributed by atoms with Gasteiger partial charge in [-0.3, -0.25) is 0 Å². The van der Waals surface area contributed by atoms with Crippen LogP contribution in [0.4, 0.5) is 0 Å². The lowest BCUT2D eigenvalue weighted by molar-refractivity contribution is -0.0561. The summed E-state index contributed by atoms with van der Waals surface area (Å²) in [6.45, 7) is 4.43. The minimum atomic E-state index is -0.912. The van der Waals surface area contributed by atoms with E-state index in [9.17, 15) is 5.11 Å². The third kappa shape index (κ3) is 1.84. The summed E-state index contributed by atoms with van der Waals surface area (Å²) in [4.78, 5) is 0. The Kier molecular flexibility index (Phi) is 3.29. The molecule has 3 heteroatoms. The third-order valence-corrected chi connectivity index (χ3v) is 2.91. The number of hydrogen-bond acceptors (Lipinski definition) is 3. The second kappa shape index (κ2) is 4.08. The van der Waals surface area contributed by atoms with Crippen molar-refractivity contribution in [2.24, 2.45) is 5.92 Å². The van der Waals surface area contributed by atoms with Crippen LogP contribution in [0.5, 0.6) is 0 Å². The van der Waals surface area contributed by atoms with Gasteiger partial charge in [0.15, 0.2) is 0 Å². The Labute approximate surface area is 79.3 Å². The zero-order valence-electron chi connectivity index (χ0n) is 8.29. The molecule has 3 atom stereocenters. The number of hydrogen-bond donors (Lipinski definition) is 1. The Bertz CT molecular complexity index is 211. The molecule has 1 N–H and O–H groups in total. The molecule has 0 aliphatic carbocycles. The largest absolute Gasteiger partial charge is 0.386 e. The quantitative estimate of drug-likeness (QED) is 0.720. The van der Waals surface area contributed by atoms with Crippen LogP contribution in [-0.2, 0) is 4.74 Å². The number of aliphatic hydroxyl groups is 1. The molecular weight excluding hydrogens is 166 g/mol. The molecule has 0 aromatic rings. The first kappa shape index (κ1) is 10.5. The van der Waals surface area contributed by atoms with E-state index in [1.165, 1.54) is 0 Å². The van der Waals surface area contributed by atoms with Gasteiger partial charge in [0.25, 0.3) is 0 Å². The first-order valence-corrected chi connectivity index (χ1v) is 4.88. The van der Waals surface area contributed by atoms with Gasteiger partial charge >= 0.3 is 0 Å². The second-order valence-electron chi connectivity index (χ2n) is 3.72. The molecule has 0 saturated carbocycles. The predicted molar refractivity (Wildman–Crippen MR) is 49.0 cm³/mol. The van der Waals surface area contributed by atoms with E-state index in [-0.39, 0.29) is 12.0 Å². The van der Waals surface area contributed by atoms with Gasteiger partial charge in [0.05, 0.1) is 18.1 Å². The van der Waals surface area contributed by atoms with Gasteiger partial charge in [-0.05, 0) is 13.3 Å². The van der Waals surface area contributed by atoms with Gasteiger partial charge < -0.3 is 9.84 Å². The van der Waals surface area contributed by atoms with Gasteiger partial charge in [-0.2, -0.15) is 5.26 Å². The van der Waals surface area contributed by atoms with Crippen molar-refractivity contribution in [1.82, 2.24) is 0 Å². The third-order valence-electron chi connectivity index (χ3n) is 2.91. The Morgan fingerprint density at radius 3 is 2.85 bits per heavy atom. The molecule has 0 aromatic carbocycles. The van der Waals surface area contributed by atoms with E-state index in [4.69, 9.17) is 10.00 Å². The van der Waals surface area contributed by atoms with Crippen LogP contribution < -0.4 is 0 Å². The second-order valence-corrected chi connectivity index (χ2v) is 3.72. The molecule has 0 aromatic heterocycles. The molecule has 0 spiro atoms. The normalized spacial score (nSPS) is 35.7. The number of rotatable bonds is 3. The van der Waals surface area contributed by atoms with Crippen molar-refractivity contribution in [3.8, 4) is 6.07 Å². The molecule has 1 saturated heterocycles. The minimum Gasteiger partial charge on any atom is -0.386 e. The number of nitriles is 1. The fraction of sp³-hybridized carbons (Fsp3) is 0.900. The molecule has 3 unspecified atom stereocenters. The highest BCUT2D eigenvalue weighted by molar-refractivity contribution is 5.04. The summed E-state index contributed by atoms with van der Waals surface area (Å²) < 4.78 is 5.30. The van der Waals surface area contributed by atoms with Crippen LogP contribution in [-0.4, -0.2) is 23.4 Å². The lowest BCUT2D eigenvalue weighted by Crippen LogP contribution is -2.43. The average molecular weight is 183 g/mol. The van der Waals surface area contributed by atoms with E-state index in [0.717, 1.165) is 12.8 Å². The van der Waals surface area contributed by atoms with Gasteiger partial charge in [0.2, 0.25) is 0 Å². The molecule has 1 aliphatic heterocycles. The molecule has 1 fully saturated rings. The van der Waals surface area contributed by atoms with Crippen LogP contribution in [0.2, 0.25) is 0 Å². The molecule has 0 radical (unpaired) electrons. The van der Waals surface area contributed by atoms with Gasteiger partial charge in [-0.15, -0.1) is 0 Å². The number of ether oxygens (including phenoxy) is 1. The van der Waals surface area contributed by atoms with Crippen molar-refractivity contribution >= 4 is 0 Å². The first-order valence-electron chi connectivity index (χ1n) is 4.88. The smallest absolute Gasteiger partial charge is 0.108 e. The average Bonchev–Trinajstić information content (AvgIpc) is 2.44. The molecule has 74 valence electrons. The summed E-state index contributed by atoms with van der Waals surface area (Å²) >= 11 is 0. The summed E-state index contributed by atoms with van der Waals surface area (Å²) in [5.41, 5.74) is -0.912. The van der Waals surface area contributed by atoms with Crippen molar-refractivity contribution in [2.75, 3.05) is 6.61 Å². The zero-order chi connectivity index (χ0) is 9.90. The maximum Gasteiger partial charge on any atom is 0.108 e. The van der Waals surface area contributed by atoms with E-state index in [1.54, 1.807) is 0 Å². The van der Waals surface area contributed by atoms with Crippen molar-refractivity contribution in [3.63, 3.8) is 0 Å². The predicted octanol–water partition coefficient (Wildman–Crippen LogP) is 1.47. The summed E-state index contributed by atoms with van der Waals surface area (Å²) in [7, 11) is 0. The maximum atomic E-state index is 10.2. The fourth-order valence-corrected chi connectivity index (χ4v) is 1.92. The molecule has 1 aliphatic rings. The first-order chi connectivity index (χ1) is 6.15. The Balaban J connectivity index is 2.71. The molecule has 3 nitrogen and oxygen atoms in total. The van der Waals surface area contributed by atoms with Crippen LogP contribution in [0.3, 0.4) is 0 Å². The monoisotopic (exact) mass is 183 g/mol.